The van der Waals surface area contributed by atoms with Crippen molar-refractivity contribution in [1.29, 1.82) is 0 Å². The van der Waals surface area contributed by atoms with Gasteiger partial charge in [0.2, 0.25) is 0 Å². The first-order valence-corrected chi connectivity index (χ1v) is 7.48. The van der Waals surface area contributed by atoms with Gasteiger partial charge in [0, 0.05) is 0 Å². The smallest absolute Gasteiger partial charge is 0.309 e. The summed E-state index contributed by atoms with van der Waals surface area (Å²) in [6.07, 6.45) is 0. The summed E-state index contributed by atoms with van der Waals surface area (Å²) in [5.74, 6) is 0. The quantitative estimate of drug-likeness (QED) is 0.804. The Morgan fingerprint density at radius 1 is 1.05 bits per heavy atom. The van der Waals surface area contributed by atoms with Crippen molar-refractivity contribution in [2.45, 2.75) is 11.8 Å². The van der Waals surface area contributed by atoms with E-state index in [-0.39, 0.29) is 10.9 Å². The van der Waals surface area contributed by atoms with Crippen molar-refractivity contribution in [3.8, 4) is 0 Å². The predicted octanol–water partition coefficient (Wildman–Crippen LogP) is 2.94. The van der Waals surface area contributed by atoms with Gasteiger partial charge in [0.25, 0.3) is 10.0 Å². The Kier molecular flexibility index (Phi) is 2.94. The first kappa shape index (κ1) is 12.7. The number of hydrogen-bond acceptors (Lipinski definition) is 4. The molecule has 0 unspecified atom stereocenters. The number of rotatable bonds is 3. The molecule has 20 heavy (non-hydrogen) atoms. The second-order valence-corrected chi connectivity index (χ2v) is 6.09. The molecule has 0 bridgehead atoms. The Labute approximate surface area is 116 Å². The van der Waals surface area contributed by atoms with Gasteiger partial charge in [-0.25, -0.2) is 13.1 Å². The van der Waals surface area contributed by atoms with Crippen LogP contribution in [-0.2, 0) is 10.0 Å². The molecule has 2 aromatic carbocycles. The van der Waals surface area contributed by atoms with E-state index in [0.29, 0.717) is 11.1 Å². The number of fused-ring (bicyclic) bond motifs is 1. The minimum Gasteiger partial charge on any atom is -0.423 e. The van der Waals surface area contributed by atoms with Gasteiger partial charge in [-0.15, -0.1) is 0 Å². The third-order valence-corrected chi connectivity index (χ3v) is 4.18. The molecular formula is C14H12N2O3S. The van der Waals surface area contributed by atoms with Gasteiger partial charge in [0.15, 0.2) is 5.58 Å². The van der Waals surface area contributed by atoms with Crippen LogP contribution < -0.4 is 4.72 Å². The van der Waals surface area contributed by atoms with E-state index in [1.807, 2.05) is 13.0 Å². The zero-order valence-corrected chi connectivity index (χ0v) is 11.5. The molecule has 1 N–H and O–H groups in total. The Balaban J connectivity index is 1.94. The monoisotopic (exact) mass is 288 g/mol. The molecule has 0 aliphatic heterocycles. The Hall–Kier alpha value is -2.34. The lowest BCUT2D eigenvalue weighted by molar-refractivity contribution is 0.591. The Morgan fingerprint density at radius 3 is 2.45 bits per heavy atom. The molecule has 3 aromatic rings. The van der Waals surface area contributed by atoms with Gasteiger partial charge in [-0.2, -0.15) is 4.98 Å². The van der Waals surface area contributed by atoms with E-state index in [0.717, 1.165) is 5.56 Å². The number of nitrogens with one attached hydrogen (secondary N) is 1. The fourth-order valence-electron chi connectivity index (χ4n) is 1.81. The van der Waals surface area contributed by atoms with Crippen molar-refractivity contribution in [3.63, 3.8) is 0 Å². The molecule has 0 aliphatic rings. The maximum atomic E-state index is 12.2. The summed E-state index contributed by atoms with van der Waals surface area (Å²) in [5.41, 5.74) is 2.13. The minimum absolute atomic E-state index is 0.0354. The minimum atomic E-state index is -3.68. The van der Waals surface area contributed by atoms with E-state index in [2.05, 4.69) is 9.71 Å². The molecule has 0 radical (unpaired) electrons. The van der Waals surface area contributed by atoms with Gasteiger partial charge in [-0.05, 0) is 31.2 Å². The summed E-state index contributed by atoms with van der Waals surface area (Å²) in [6, 6.07) is 13.6. The lowest BCUT2D eigenvalue weighted by atomic mass is 10.2. The molecule has 1 heterocycles. The standard InChI is InChI=1S/C14H12N2O3S/c1-10-6-8-11(9-7-10)20(17,18)16-14-15-12-4-2-3-5-13(12)19-14/h2-9H,1H3,(H,15,16). The molecular weight excluding hydrogens is 276 g/mol. The fourth-order valence-corrected chi connectivity index (χ4v) is 2.74. The third kappa shape index (κ3) is 2.37. The van der Waals surface area contributed by atoms with E-state index in [1.54, 1.807) is 42.5 Å². The van der Waals surface area contributed by atoms with E-state index in [9.17, 15) is 8.42 Å². The summed E-state index contributed by atoms with van der Waals surface area (Å²) in [6.45, 7) is 1.89. The zero-order chi connectivity index (χ0) is 14.2. The van der Waals surface area contributed by atoms with E-state index in [4.69, 9.17) is 4.42 Å². The molecule has 0 spiro atoms. The van der Waals surface area contributed by atoms with Crippen molar-refractivity contribution < 1.29 is 12.8 Å². The molecule has 6 heteroatoms. The molecule has 0 fully saturated rings. The van der Waals surface area contributed by atoms with Crippen LogP contribution in [0.2, 0.25) is 0 Å². The highest BCUT2D eigenvalue weighted by molar-refractivity contribution is 7.92. The van der Waals surface area contributed by atoms with E-state index >= 15 is 0 Å². The maximum Gasteiger partial charge on any atom is 0.309 e. The molecule has 0 saturated carbocycles. The number of oxazole rings is 1. The summed E-state index contributed by atoms with van der Waals surface area (Å²) in [4.78, 5) is 4.26. The van der Waals surface area contributed by atoms with Crippen LogP contribution in [0.15, 0.2) is 57.8 Å². The highest BCUT2D eigenvalue weighted by Crippen LogP contribution is 2.21. The number of aromatic nitrogens is 1. The van der Waals surface area contributed by atoms with Crippen LogP contribution in [0.3, 0.4) is 0 Å². The van der Waals surface area contributed by atoms with Gasteiger partial charge in [0.1, 0.15) is 5.52 Å². The summed E-state index contributed by atoms with van der Waals surface area (Å²) >= 11 is 0. The predicted molar refractivity (Wildman–Crippen MR) is 76.0 cm³/mol. The van der Waals surface area contributed by atoms with Crippen LogP contribution in [0.25, 0.3) is 11.1 Å². The van der Waals surface area contributed by atoms with Crippen LogP contribution in [0.1, 0.15) is 5.56 Å². The highest BCUT2D eigenvalue weighted by atomic mass is 32.2. The highest BCUT2D eigenvalue weighted by Gasteiger charge is 2.17. The Bertz CT molecular complexity index is 819. The van der Waals surface area contributed by atoms with Gasteiger partial charge in [-0.1, -0.05) is 29.8 Å². The molecule has 5 nitrogen and oxygen atoms in total. The normalized spacial score (nSPS) is 11.7. The van der Waals surface area contributed by atoms with Crippen molar-refractivity contribution in [1.82, 2.24) is 4.98 Å². The summed E-state index contributed by atoms with van der Waals surface area (Å²) < 4.78 is 32.0. The molecule has 102 valence electrons. The number of aryl methyl sites for hydroxylation is 1. The lowest BCUT2D eigenvalue weighted by Gasteiger charge is -2.04. The third-order valence-electron chi connectivity index (χ3n) is 2.85. The van der Waals surface area contributed by atoms with Gasteiger partial charge in [0.05, 0.1) is 4.90 Å². The largest absolute Gasteiger partial charge is 0.423 e. The van der Waals surface area contributed by atoms with E-state index in [1.165, 1.54) is 0 Å². The maximum absolute atomic E-state index is 12.2. The summed E-state index contributed by atoms with van der Waals surface area (Å²) in [7, 11) is -3.68. The van der Waals surface area contributed by atoms with E-state index < -0.39 is 10.0 Å². The SMILES string of the molecule is Cc1ccc(S(=O)(=O)Nc2nc3ccccc3o2)cc1. The first-order chi connectivity index (χ1) is 9.54. The average molecular weight is 288 g/mol. The van der Waals surface area contributed by atoms with Crippen molar-refractivity contribution >= 4 is 27.1 Å². The van der Waals surface area contributed by atoms with Crippen LogP contribution in [0, 0.1) is 6.92 Å². The van der Waals surface area contributed by atoms with Crippen LogP contribution >= 0.6 is 0 Å². The first-order valence-electron chi connectivity index (χ1n) is 6.00. The lowest BCUT2D eigenvalue weighted by Crippen LogP contribution is -2.13. The average Bonchev–Trinajstić information content (AvgIpc) is 2.80. The topological polar surface area (TPSA) is 72.2 Å². The fraction of sp³-hybridized carbons (Fsp3) is 0.0714. The van der Waals surface area contributed by atoms with Crippen molar-refractivity contribution in [3.05, 3.63) is 54.1 Å². The van der Waals surface area contributed by atoms with Gasteiger partial charge in [-0.3, -0.25) is 0 Å². The number of benzene rings is 2. The van der Waals surface area contributed by atoms with Crippen LogP contribution in [0.4, 0.5) is 6.01 Å². The number of sulfonamides is 1. The van der Waals surface area contributed by atoms with Crippen LogP contribution in [-0.4, -0.2) is 13.4 Å². The van der Waals surface area contributed by atoms with Crippen molar-refractivity contribution in [2.75, 3.05) is 4.72 Å². The molecule has 3 rings (SSSR count). The molecule has 1 aromatic heterocycles. The number of anilines is 1. The molecule has 0 atom stereocenters. The number of para-hydroxylation sites is 2. The Morgan fingerprint density at radius 2 is 1.75 bits per heavy atom. The second-order valence-electron chi connectivity index (χ2n) is 4.41. The summed E-state index contributed by atoms with van der Waals surface area (Å²) in [5, 5.41) is 0. The number of hydrogen-bond donors (Lipinski definition) is 1. The molecule has 0 saturated heterocycles. The van der Waals surface area contributed by atoms with Gasteiger partial charge >= 0.3 is 6.01 Å². The molecule has 0 amide bonds. The number of nitrogens with zero attached hydrogens (tertiary/aromatic N) is 1. The molecule has 0 aliphatic carbocycles. The zero-order valence-electron chi connectivity index (χ0n) is 10.7. The second kappa shape index (κ2) is 4.64. The van der Waals surface area contributed by atoms with Crippen LogP contribution in [0.5, 0.6) is 0 Å². The van der Waals surface area contributed by atoms with Gasteiger partial charge < -0.3 is 4.42 Å². The van der Waals surface area contributed by atoms with Crippen molar-refractivity contribution in [2.24, 2.45) is 0 Å².